The summed E-state index contributed by atoms with van der Waals surface area (Å²) in [6.45, 7) is 5.10. The number of benzene rings is 1. The largest absolute Gasteiger partial charge is 0.313 e. The zero-order valence-electron chi connectivity index (χ0n) is 8.45. The quantitative estimate of drug-likeness (QED) is 0.717. The van der Waals surface area contributed by atoms with E-state index in [1.54, 1.807) is 0 Å². The number of hydrogen-bond acceptors (Lipinski definition) is 1. The second-order valence-electron chi connectivity index (χ2n) is 3.88. The highest BCUT2D eigenvalue weighted by molar-refractivity contribution is 5.25. The molecule has 1 nitrogen and oxygen atoms in total. The first kappa shape index (κ1) is 9.47. The highest BCUT2D eigenvalue weighted by Crippen LogP contribution is 2.25. The maximum Gasteiger partial charge on any atom is 0.0171 e. The van der Waals surface area contributed by atoms with Crippen LogP contribution in [0.25, 0.3) is 0 Å². The van der Waals surface area contributed by atoms with Gasteiger partial charge in [0.25, 0.3) is 0 Å². The van der Waals surface area contributed by atoms with Crippen LogP contribution in [0.5, 0.6) is 0 Å². The molecule has 1 aromatic carbocycles. The first-order chi connectivity index (χ1) is 6.92. The van der Waals surface area contributed by atoms with Gasteiger partial charge in [0.15, 0.2) is 0 Å². The SMILES string of the molecule is C=CC(c1ccccc1)C1CCCN1. The van der Waals surface area contributed by atoms with Crippen LogP contribution >= 0.6 is 0 Å². The Morgan fingerprint density at radius 3 is 2.71 bits per heavy atom. The Morgan fingerprint density at radius 2 is 2.14 bits per heavy atom. The minimum Gasteiger partial charge on any atom is -0.313 e. The number of hydrogen-bond donors (Lipinski definition) is 1. The van der Waals surface area contributed by atoms with E-state index in [1.165, 1.54) is 18.4 Å². The molecule has 1 heteroatoms. The summed E-state index contributed by atoms with van der Waals surface area (Å²) >= 11 is 0. The lowest BCUT2D eigenvalue weighted by Gasteiger charge is -2.20. The Bertz CT molecular complexity index is 285. The lowest BCUT2D eigenvalue weighted by atomic mass is 9.91. The van der Waals surface area contributed by atoms with E-state index in [-0.39, 0.29) is 0 Å². The van der Waals surface area contributed by atoms with Crippen molar-refractivity contribution in [1.29, 1.82) is 0 Å². The topological polar surface area (TPSA) is 12.0 Å². The molecule has 0 aromatic heterocycles. The van der Waals surface area contributed by atoms with Gasteiger partial charge in [0.1, 0.15) is 0 Å². The van der Waals surface area contributed by atoms with Gasteiger partial charge >= 0.3 is 0 Å². The van der Waals surface area contributed by atoms with Crippen LogP contribution in [0.4, 0.5) is 0 Å². The molecule has 1 fully saturated rings. The van der Waals surface area contributed by atoms with E-state index in [9.17, 15) is 0 Å². The number of rotatable bonds is 3. The number of nitrogens with one attached hydrogen (secondary N) is 1. The van der Waals surface area contributed by atoms with Crippen molar-refractivity contribution in [2.75, 3.05) is 6.54 Å². The maximum absolute atomic E-state index is 3.94. The molecular weight excluding hydrogens is 170 g/mol. The van der Waals surface area contributed by atoms with Crippen molar-refractivity contribution in [2.24, 2.45) is 0 Å². The lowest BCUT2D eigenvalue weighted by molar-refractivity contribution is 0.552. The summed E-state index contributed by atoms with van der Waals surface area (Å²) in [6.07, 6.45) is 4.63. The van der Waals surface area contributed by atoms with Crippen LogP contribution in [0.1, 0.15) is 24.3 Å². The molecule has 0 spiro atoms. The third kappa shape index (κ3) is 1.88. The van der Waals surface area contributed by atoms with Crippen molar-refractivity contribution in [3.63, 3.8) is 0 Å². The van der Waals surface area contributed by atoms with Crippen LogP contribution in [0.3, 0.4) is 0 Å². The standard InChI is InChI=1S/C13H17N/c1-2-12(13-9-6-10-14-13)11-7-4-3-5-8-11/h2-5,7-8,12-14H,1,6,9-10H2. The van der Waals surface area contributed by atoms with Crippen LogP contribution in [0, 0.1) is 0 Å². The molecule has 2 rings (SSSR count). The zero-order chi connectivity index (χ0) is 9.80. The second kappa shape index (κ2) is 4.43. The Hall–Kier alpha value is -1.08. The summed E-state index contributed by atoms with van der Waals surface area (Å²) in [5.41, 5.74) is 1.38. The van der Waals surface area contributed by atoms with Crippen molar-refractivity contribution in [2.45, 2.75) is 24.8 Å². The van der Waals surface area contributed by atoms with E-state index < -0.39 is 0 Å². The van der Waals surface area contributed by atoms with E-state index >= 15 is 0 Å². The molecule has 1 heterocycles. The average Bonchev–Trinajstić information content (AvgIpc) is 2.74. The Kier molecular flexibility index (Phi) is 3.00. The monoisotopic (exact) mass is 187 g/mol. The molecule has 74 valence electrons. The molecule has 1 aliphatic rings. The van der Waals surface area contributed by atoms with Crippen LogP contribution < -0.4 is 5.32 Å². The Labute approximate surface area is 85.8 Å². The van der Waals surface area contributed by atoms with Crippen LogP contribution in [0.2, 0.25) is 0 Å². The van der Waals surface area contributed by atoms with Crippen molar-refractivity contribution in [3.8, 4) is 0 Å². The van der Waals surface area contributed by atoms with Crippen molar-refractivity contribution < 1.29 is 0 Å². The van der Waals surface area contributed by atoms with E-state index in [2.05, 4.69) is 48.3 Å². The predicted molar refractivity (Wildman–Crippen MR) is 60.4 cm³/mol. The van der Waals surface area contributed by atoms with Gasteiger partial charge in [-0.3, -0.25) is 0 Å². The van der Waals surface area contributed by atoms with Crippen molar-refractivity contribution in [1.82, 2.24) is 5.32 Å². The fourth-order valence-electron chi connectivity index (χ4n) is 2.23. The molecule has 1 saturated heterocycles. The average molecular weight is 187 g/mol. The fourth-order valence-corrected chi connectivity index (χ4v) is 2.23. The van der Waals surface area contributed by atoms with Gasteiger partial charge < -0.3 is 5.32 Å². The zero-order valence-corrected chi connectivity index (χ0v) is 8.45. The predicted octanol–water partition coefficient (Wildman–Crippen LogP) is 2.71. The van der Waals surface area contributed by atoms with Crippen LogP contribution in [-0.4, -0.2) is 12.6 Å². The molecule has 0 aliphatic carbocycles. The van der Waals surface area contributed by atoms with E-state index in [0.29, 0.717) is 12.0 Å². The summed E-state index contributed by atoms with van der Waals surface area (Å²) in [5, 5.41) is 3.53. The van der Waals surface area contributed by atoms with Crippen LogP contribution in [-0.2, 0) is 0 Å². The van der Waals surface area contributed by atoms with Crippen molar-refractivity contribution in [3.05, 3.63) is 48.6 Å². The molecule has 0 bridgehead atoms. The van der Waals surface area contributed by atoms with E-state index in [4.69, 9.17) is 0 Å². The van der Waals surface area contributed by atoms with Crippen LogP contribution in [0.15, 0.2) is 43.0 Å². The van der Waals surface area contributed by atoms with Gasteiger partial charge in [-0.25, -0.2) is 0 Å². The lowest BCUT2D eigenvalue weighted by Crippen LogP contribution is -2.27. The molecule has 0 radical (unpaired) electrons. The minimum absolute atomic E-state index is 0.471. The van der Waals surface area contributed by atoms with E-state index in [1.807, 2.05) is 0 Å². The van der Waals surface area contributed by atoms with Gasteiger partial charge in [0.2, 0.25) is 0 Å². The third-order valence-corrected chi connectivity index (χ3v) is 2.97. The highest BCUT2D eigenvalue weighted by atomic mass is 14.9. The Morgan fingerprint density at radius 1 is 1.36 bits per heavy atom. The maximum atomic E-state index is 3.94. The van der Waals surface area contributed by atoms with Gasteiger partial charge in [0.05, 0.1) is 0 Å². The van der Waals surface area contributed by atoms with Gasteiger partial charge in [-0.15, -0.1) is 6.58 Å². The molecule has 2 unspecified atom stereocenters. The first-order valence-electron chi connectivity index (χ1n) is 5.32. The normalized spacial score (nSPS) is 23.3. The molecule has 1 N–H and O–H groups in total. The Balaban J connectivity index is 2.16. The molecule has 14 heavy (non-hydrogen) atoms. The molecular formula is C13H17N. The summed E-state index contributed by atoms with van der Waals surface area (Å²) in [5.74, 6) is 0.471. The molecule has 0 amide bonds. The van der Waals surface area contributed by atoms with Gasteiger partial charge in [-0.2, -0.15) is 0 Å². The van der Waals surface area contributed by atoms with E-state index in [0.717, 1.165) is 6.54 Å². The molecule has 1 aliphatic heterocycles. The molecule has 1 aromatic rings. The third-order valence-electron chi connectivity index (χ3n) is 2.97. The minimum atomic E-state index is 0.471. The first-order valence-corrected chi connectivity index (χ1v) is 5.32. The summed E-state index contributed by atoms with van der Waals surface area (Å²) in [7, 11) is 0. The summed E-state index contributed by atoms with van der Waals surface area (Å²) < 4.78 is 0. The summed E-state index contributed by atoms with van der Waals surface area (Å²) in [4.78, 5) is 0. The van der Waals surface area contributed by atoms with Gasteiger partial charge in [-0.1, -0.05) is 36.4 Å². The second-order valence-corrected chi connectivity index (χ2v) is 3.88. The molecule has 2 atom stereocenters. The highest BCUT2D eigenvalue weighted by Gasteiger charge is 2.22. The van der Waals surface area contributed by atoms with Gasteiger partial charge in [0, 0.05) is 12.0 Å². The molecule has 0 saturated carbocycles. The van der Waals surface area contributed by atoms with Gasteiger partial charge in [-0.05, 0) is 24.9 Å². The summed E-state index contributed by atoms with van der Waals surface area (Å²) in [6, 6.07) is 11.2. The van der Waals surface area contributed by atoms with Crippen molar-refractivity contribution >= 4 is 0 Å². The smallest absolute Gasteiger partial charge is 0.0171 e. The fraction of sp³-hybridized carbons (Fsp3) is 0.385.